The molecule has 3 aromatic rings. The van der Waals surface area contributed by atoms with Gasteiger partial charge in [0.05, 0.1) is 0 Å². The molecule has 3 rings (SSSR count). The number of rotatable bonds is 3. The molecule has 0 saturated carbocycles. The molecule has 20 heavy (non-hydrogen) atoms. The van der Waals surface area contributed by atoms with Gasteiger partial charge in [0.2, 0.25) is 0 Å². The largest absolute Gasteiger partial charge is 0.508 e. The van der Waals surface area contributed by atoms with E-state index in [1.807, 2.05) is 24.4 Å². The molecule has 0 saturated heterocycles. The van der Waals surface area contributed by atoms with E-state index in [1.54, 1.807) is 30.3 Å². The van der Waals surface area contributed by atoms with Crippen molar-refractivity contribution in [1.29, 1.82) is 0 Å². The number of hydrogen-bond acceptors (Lipinski definition) is 2. The van der Waals surface area contributed by atoms with Gasteiger partial charge in [-0.25, -0.2) is 0 Å². The Labute approximate surface area is 116 Å². The lowest BCUT2D eigenvalue weighted by molar-refractivity contribution is 0.0951. The van der Waals surface area contributed by atoms with Crippen LogP contribution >= 0.6 is 0 Å². The zero-order valence-electron chi connectivity index (χ0n) is 10.8. The normalized spacial score (nSPS) is 10.6. The molecule has 2 aromatic carbocycles. The van der Waals surface area contributed by atoms with Crippen LogP contribution in [0.3, 0.4) is 0 Å². The third-order valence-electron chi connectivity index (χ3n) is 3.20. The fourth-order valence-electron chi connectivity index (χ4n) is 2.09. The predicted octanol–water partition coefficient (Wildman–Crippen LogP) is 2.80. The first-order chi connectivity index (χ1) is 9.72. The first kappa shape index (κ1) is 12.3. The number of carbonyl (C=O) groups is 1. The van der Waals surface area contributed by atoms with Gasteiger partial charge in [0.25, 0.3) is 5.91 Å². The minimum Gasteiger partial charge on any atom is -0.508 e. The monoisotopic (exact) mass is 266 g/mol. The number of fused-ring (bicyclic) bond motifs is 1. The van der Waals surface area contributed by atoms with Crippen molar-refractivity contribution < 1.29 is 9.90 Å². The molecule has 0 bridgehead atoms. The van der Waals surface area contributed by atoms with Crippen LogP contribution in [0.5, 0.6) is 5.75 Å². The molecule has 1 aromatic heterocycles. The van der Waals surface area contributed by atoms with Crippen LogP contribution in [0.1, 0.15) is 15.9 Å². The fourth-order valence-corrected chi connectivity index (χ4v) is 2.09. The summed E-state index contributed by atoms with van der Waals surface area (Å²) in [5, 5.41) is 13.1. The first-order valence-corrected chi connectivity index (χ1v) is 6.35. The number of aromatic hydroxyl groups is 1. The molecule has 0 aliphatic carbocycles. The van der Waals surface area contributed by atoms with Crippen molar-refractivity contribution in [2.75, 3.05) is 0 Å². The number of amides is 1. The Morgan fingerprint density at radius 1 is 1.10 bits per heavy atom. The molecule has 0 unspecified atom stereocenters. The Morgan fingerprint density at radius 3 is 2.70 bits per heavy atom. The van der Waals surface area contributed by atoms with Crippen LogP contribution in [0.15, 0.2) is 54.7 Å². The first-order valence-electron chi connectivity index (χ1n) is 6.35. The molecule has 4 nitrogen and oxygen atoms in total. The standard InChI is InChI=1S/C16H14N2O2/c19-14-4-1-11(2-5-14)10-18-16(20)13-3-6-15-12(9-13)7-8-17-15/h1-9,17,19H,10H2,(H,18,20). The molecule has 0 radical (unpaired) electrons. The molecule has 100 valence electrons. The molecule has 1 heterocycles. The number of phenolic OH excluding ortho intramolecular Hbond substituents is 1. The minimum atomic E-state index is -0.110. The number of hydrogen-bond donors (Lipinski definition) is 3. The van der Waals surface area contributed by atoms with Gasteiger partial charge >= 0.3 is 0 Å². The van der Waals surface area contributed by atoms with Gasteiger partial charge < -0.3 is 15.4 Å². The quantitative estimate of drug-likeness (QED) is 0.682. The van der Waals surface area contributed by atoms with Crippen molar-refractivity contribution in [3.8, 4) is 5.75 Å². The summed E-state index contributed by atoms with van der Waals surface area (Å²) in [7, 11) is 0. The summed E-state index contributed by atoms with van der Waals surface area (Å²) in [4.78, 5) is 15.2. The second kappa shape index (κ2) is 5.09. The van der Waals surface area contributed by atoms with E-state index in [4.69, 9.17) is 0 Å². The molecular formula is C16H14N2O2. The highest BCUT2D eigenvalue weighted by molar-refractivity contribution is 5.98. The third-order valence-corrected chi connectivity index (χ3v) is 3.20. The summed E-state index contributed by atoms with van der Waals surface area (Å²) in [6.07, 6.45) is 1.85. The van der Waals surface area contributed by atoms with E-state index in [2.05, 4.69) is 10.3 Å². The van der Waals surface area contributed by atoms with E-state index >= 15 is 0 Å². The van der Waals surface area contributed by atoms with Gasteiger partial charge in [-0.2, -0.15) is 0 Å². The van der Waals surface area contributed by atoms with Crippen molar-refractivity contribution in [1.82, 2.24) is 10.3 Å². The Kier molecular flexibility index (Phi) is 3.13. The Hall–Kier alpha value is -2.75. The van der Waals surface area contributed by atoms with Crippen LogP contribution in [-0.4, -0.2) is 16.0 Å². The maximum atomic E-state index is 12.1. The molecule has 0 spiro atoms. The Morgan fingerprint density at radius 2 is 1.90 bits per heavy atom. The second-order valence-corrected chi connectivity index (χ2v) is 4.63. The van der Waals surface area contributed by atoms with Crippen molar-refractivity contribution in [2.45, 2.75) is 6.54 Å². The number of H-pyrrole nitrogens is 1. The summed E-state index contributed by atoms with van der Waals surface area (Å²) in [5.74, 6) is 0.110. The number of benzene rings is 2. The maximum Gasteiger partial charge on any atom is 0.251 e. The molecule has 4 heteroatoms. The van der Waals surface area contributed by atoms with Gasteiger partial charge in [-0.15, -0.1) is 0 Å². The zero-order chi connectivity index (χ0) is 13.9. The summed E-state index contributed by atoms with van der Waals surface area (Å²) in [6, 6.07) is 14.3. The molecule has 1 amide bonds. The van der Waals surface area contributed by atoms with Gasteiger partial charge in [0.15, 0.2) is 0 Å². The molecule has 0 fully saturated rings. The summed E-state index contributed by atoms with van der Waals surface area (Å²) in [5.41, 5.74) is 2.59. The van der Waals surface area contributed by atoms with Gasteiger partial charge in [-0.3, -0.25) is 4.79 Å². The highest BCUT2D eigenvalue weighted by atomic mass is 16.3. The lowest BCUT2D eigenvalue weighted by atomic mass is 10.1. The van der Waals surface area contributed by atoms with Gasteiger partial charge in [0, 0.05) is 29.2 Å². The lowest BCUT2D eigenvalue weighted by Gasteiger charge is -2.06. The second-order valence-electron chi connectivity index (χ2n) is 4.63. The van der Waals surface area contributed by atoms with Crippen molar-refractivity contribution >= 4 is 16.8 Å². The van der Waals surface area contributed by atoms with Crippen molar-refractivity contribution in [2.24, 2.45) is 0 Å². The van der Waals surface area contributed by atoms with E-state index in [0.717, 1.165) is 16.5 Å². The average molecular weight is 266 g/mol. The zero-order valence-corrected chi connectivity index (χ0v) is 10.8. The van der Waals surface area contributed by atoms with Crippen molar-refractivity contribution in [3.05, 3.63) is 65.9 Å². The van der Waals surface area contributed by atoms with Gasteiger partial charge in [-0.1, -0.05) is 12.1 Å². The Bertz CT molecular complexity index is 745. The molecular weight excluding hydrogens is 252 g/mol. The van der Waals surface area contributed by atoms with E-state index in [0.29, 0.717) is 12.1 Å². The maximum absolute atomic E-state index is 12.1. The van der Waals surface area contributed by atoms with E-state index in [-0.39, 0.29) is 11.7 Å². The van der Waals surface area contributed by atoms with Crippen LogP contribution in [0.4, 0.5) is 0 Å². The number of nitrogens with one attached hydrogen (secondary N) is 2. The third kappa shape index (κ3) is 2.49. The smallest absolute Gasteiger partial charge is 0.251 e. The van der Waals surface area contributed by atoms with Crippen LogP contribution in [-0.2, 0) is 6.54 Å². The molecule has 0 aliphatic heterocycles. The SMILES string of the molecule is O=C(NCc1ccc(O)cc1)c1ccc2[nH]ccc2c1. The van der Waals surface area contributed by atoms with E-state index in [1.165, 1.54) is 0 Å². The number of aromatic nitrogens is 1. The molecule has 0 aliphatic rings. The number of phenols is 1. The number of carbonyl (C=O) groups excluding carboxylic acids is 1. The van der Waals surface area contributed by atoms with E-state index < -0.39 is 0 Å². The van der Waals surface area contributed by atoms with Crippen molar-refractivity contribution in [3.63, 3.8) is 0 Å². The van der Waals surface area contributed by atoms with Gasteiger partial charge in [0.1, 0.15) is 5.75 Å². The summed E-state index contributed by atoms with van der Waals surface area (Å²) >= 11 is 0. The topological polar surface area (TPSA) is 65.1 Å². The van der Waals surface area contributed by atoms with Gasteiger partial charge in [-0.05, 0) is 42.0 Å². The van der Waals surface area contributed by atoms with Crippen LogP contribution in [0.2, 0.25) is 0 Å². The van der Waals surface area contributed by atoms with E-state index in [9.17, 15) is 9.90 Å². The average Bonchev–Trinajstić information content (AvgIpc) is 2.93. The predicted molar refractivity (Wildman–Crippen MR) is 77.6 cm³/mol. The van der Waals surface area contributed by atoms with Crippen LogP contribution in [0, 0.1) is 0 Å². The Balaban J connectivity index is 1.70. The molecule has 0 atom stereocenters. The summed E-state index contributed by atoms with van der Waals surface area (Å²) < 4.78 is 0. The minimum absolute atomic E-state index is 0.110. The molecule has 3 N–H and O–H groups in total. The lowest BCUT2D eigenvalue weighted by Crippen LogP contribution is -2.22. The number of aromatic amines is 1. The highest BCUT2D eigenvalue weighted by Crippen LogP contribution is 2.14. The fraction of sp³-hybridized carbons (Fsp3) is 0.0625. The summed E-state index contributed by atoms with van der Waals surface area (Å²) in [6.45, 7) is 0.435. The van der Waals surface area contributed by atoms with Crippen LogP contribution < -0.4 is 5.32 Å². The highest BCUT2D eigenvalue weighted by Gasteiger charge is 2.06. The van der Waals surface area contributed by atoms with Crippen LogP contribution in [0.25, 0.3) is 10.9 Å².